The number of nitrogens with zero attached hydrogens (tertiary/aromatic N) is 1. The van der Waals surface area contributed by atoms with Crippen molar-refractivity contribution in [3.8, 4) is 5.69 Å². The summed E-state index contributed by atoms with van der Waals surface area (Å²) in [4.78, 5) is 24.2. The van der Waals surface area contributed by atoms with E-state index >= 15 is 0 Å². The fourth-order valence-electron chi connectivity index (χ4n) is 1.18. The molecule has 0 amide bonds. The molecule has 0 aliphatic rings. The topological polar surface area (TPSA) is 70.7 Å². The van der Waals surface area contributed by atoms with Crippen molar-refractivity contribution in [3.63, 3.8) is 0 Å². The molecule has 5 nitrogen and oxygen atoms in total. The standard InChI is InChI=1S/C8H5Cl2N3O2/c9-4-1-5(10)3-6(2-4)13-8(15)11-7(14)12-13/h1-3H,(H2,11,12,14,15). The van der Waals surface area contributed by atoms with E-state index in [1.165, 1.54) is 18.2 Å². The largest absolute Gasteiger partial charge is 0.349 e. The third-order valence-corrected chi connectivity index (χ3v) is 2.18. The first-order valence-corrected chi connectivity index (χ1v) is 4.70. The molecule has 0 radical (unpaired) electrons. The lowest BCUT2D eigenvalue weighted by Gasteiger charge is -2.01. The second-order valence-electron chi connectivity index (χ2n) is 2.83. The lowest BCUT2D eigenvalue weighted by molar-refractivity contribution is 0.834. The fourth-order valence-corrected chi connectivity index (χ4v) is 1.70. The lowest BCUT2D eigenvalue weighted by atomic mass is 10.3. The number of benzene rings is 1. The lowest BCUT2D eigenvalue weighted by Crippen LogP contribution is -2.15. The molecular formula is C8H5Cl2N3O2. The van der Waals surface area contributed by atoms with E-state index < -0.39 is 11.4 Å². The van der Waals surface area contributed by atoms with Crippen molar-refractivity contribution in [2.24, 2.45) is 0 Å². The number of aromatic amines is 2. The van der Waals surface area contributed by atoms with Gasteiger partial charge in [0.25, 0.3) is 0 Å². The Morgan fingerprint density at radius 2 is 1.67 bits per heavy atom. The van der Waals surface area contributed by atoms with Crippen LogP contribution < -0.4 is 11.4 Å². The summed E-state index contributed by atoms with van der Waals surface area (Å²) in [7, 11) is 0. The van der Waals surface area contributed by atoms with Crippen molar-refractivity contribution in [3.05, 3.63) is 49.2 Å². The van der Waals surface area contributed by atoms with Gasteiger partial charge in [-0.1, -0.05) is 23.2 Å². The zero-order valence-corrected chi connectivity index (χ0v) is 8.76. The third-order valence-electron chi connectivity index (χ3n) is 1.74. The number of nitrogens with one attached hydrogen (secondary N) is 2. The van der Waals surface area contributed by atoms with Gasteiger partial charge in [0.1, 0.15) is 0 Å². The molecular weight excluding hydrogens is 241 g/mol. The Labute approximate surface area is 93.2 Å². The minimum absolute atomic E-state index is 0.381. The van der Waals surface area contributed by atoms with Gasteiger partial charge in [0, 0.05) is 10.0 Å². The molecule has 0 atom stereocenters. The van der Waals surface area contributed by atoms with Crippen LogP contribution in [0.2, 0.25) is 10.0 Å². The summed E-state index contributed by atoms with van der Waals surface area (Å²) in [5.41, 5.74) is -0.759. The average molecular weight is 246 g/mol. The van der Waals surface area contributed by atoms with Gasteiger partial charge >= 0.3 is 11.4 Å². The van der Waals surface area contributed by atoms with Gasteiger partial charge in [-0.15, -0.1) is 0 Å². The van der Waals surface area contributed by atoms with E-state index in [1.54, 1.807) is 0 Å². The maximum Gasteiger partial charge on any atom is 0.349 e. The van der Waals surface area contributed by atoms with E-state index in [0.717, 1.165) is 4.68 Å². The first-order chi connectivity index (χ1) is 7.06. The Kier molecular flexibility index (Phi) is 2.42. The number of halogens is 2. The summed E-state index contributed by atoms with van der Waals surface area (Å²) in [5, 5.41) is 3.05. The average Bonchev–Trinajstić information content (AvgIpc) is 2.43. The van der Waals surface area contributed by atoms with Crippen LogP contribution in [0, 0.1) is 0 Å². The molecule has 0 aliphatic carbocycles. The highest BCUT2D eigenvalue weighted by molar-refractivity contribution is 6.34. The summed E-state index contributed by atoms with van der Waals surface area (Å²) in [6.07, 6.45) is 0. The van der Waals surface area contributed by atoms with E-state index in [9.17, 15) is 9.59 Å². The third kappa shape index (κ3) is 1.98. The van der Waals surface area contributed by atoms with Crippen molar-refractivity contribution >= 4 is 23.2 Å². The Bertz CT molecular complexity index is 591. The first-order valence-electron chi connectivity index (χ1n) is 3.94. The van der Waals surface area contributed by atoms with Crippen molar-refractivity contribution in [2.75, 3.05) is 0 Å². The molecule has 0 spiro atoms. The SMILES string of the molecule is O=c1[nH]c(=O)n(-c2cc(Cl)cc(Cl)c2)[nH]1. The molecule has 0 bridgehead atoms. The summed E-state index contributed by atoms with van der Waals surface area (Å²) in [6, 6.07) is 4.56. The Morgan fingerprint density at radius 3 is 2.13 bits per heavy atom. The number of hydrogen-bond donors (Lipinski definition) is 2. The van der Waals surface area contributed by atoms with Gasteiger partial charge < -0.3 is 0 Å². The molecule has 0 unspecified atom stereocenters. The van der Waals surface area contributed by atoms with E-state index in [1.807, 2.05) is 0 Å². The van der Waals surface area contributed by atoms with E-state index in [4.69, 9.17) is 23.2 Å². The predicted molar refractivity (Wildman–Crippen MR) is 57.0 cm³/mol. The van der Waals surface area contributed by atoms with Crippen molar-refractivity contribution < 1.29 is 0 Å². The smallest absolute Gasteiger partial charge is 0.256 e. The van der Waals surface area contributed by atoms with Crippen LogP contribution in [0.3, 0.4) is 0 Å². The molecule has 15 heavy (non-hydrogen) atoms. The molecule has 1 heterocycles. The van der Waals surface area contributed by atoms with E-state index in [-0.39, 0.29) is 0 Å². The highest BCUT2D eigenvalue weighted by Gasteiger charge is 2.04. The molecule has 0 aliphatic heterocycles. The zero-order valence-electron chi connectivity index (χ0n) is 7.25. The number of hydrogen-bond acceptors (Lipinski definition) is 2. The number of H-pyrrole nitrogens is 2. The van der Waals surface area contributed by atoms with Crippen LogP contribution in [-0.4, -0.2) is 14.8 Å². The van der Waals surface area contributed by atoms with Crippen LogP contribution in [-0.2, 0) is 0 Å². The highest BCUT2D eigenvalue weighted by Crippen LogP contribution is 2.20. The number of rotatable bonds is 1. The van der Waals surface area contributed by atoms with Crippen LogP contribution >= 0.6 is 23.2 Å². The Balaban J connectivity index is 2.68. The highest BCUT2D eigenvalue weighted by atomic mass is 35.5. The number of aromatic nitrogens is 3. The van der Waals surface area contributed by atoms with Gasteiger partial charge in [-0.25, -0.2) is 19.4 Å². The van der Waals surface area contributed by atoms with E-state index in [0.29, 0.717) is 15.7 Å². The predicted octanol–water partition coefficient (Wildman–Crippen LogP) is 1.16. The normalized spacial score (nSPS) is 10.5. The molecule has 0 saturated heterocycles. The summed E-state index contributed by atoms with van der Waals surface area (Å²) in [6.45, 7) is 0. The Hall–Kier alpha value is -1.46. The first kappa shape index (κ1) is 10.1. The van der Waals surface area contributed by atoms with E-state index in [2.05, 4.69) is 10.1 Å². The molecule has 0 saturated carbocycles. The van der Waals surface area contributed by atoms with Crippen molar-refractivity contribution in [2.45, 2.75) is 0 Å². The zero-order chi connectivity index (χ0) is 11.0. The minimum atomic E-state index is -0.587. The summed E-state index contributed by atoms with van der Waals surface area (Å²) < 4.78 is 1.03. The second kappa shape index (κ2) is 3.60. The van der Waals surface area contributed by atoms with Crippen molar-refractivity contribution in [1.82, 2.24) is 14.8 Å². The summed E-state index contributed by atoms with van der Waals surface area (Å²) >= 11 is 11.5. The molecule has 78 valence electrons. The van der Waals surface area contributed by atoms with Gasteiger partial charge in [0.05, 0.1) is 5.69 Å². The molecule has 2 rings (SSSR count). The molecule has 7 heteroatoms. The maximum absolute atomic E-state index is 11.3. The second-order valence-corrected chi connectivity index (χ2v) is 3.71. The van der Waals surface area contributed by atoms with Crippen LogP contribution in [0.4, 0.5) is 0 Å². The monoisotopic (exact) mass is 245 g/mol. The van der Waals surface area contributed by atoms with Crippen LogP contribution in [0.15, 0.2) is 27.8 Å². The van der Waals surface area contributed by atoms with Crippen LogP contribution in [0.1, 0.15) is 0 Å². The maximum atomic E-state index is 11.3. The summed E-state index contributed by atoms with van der Waals surface area (Å²) in [5.74, 6) is 0. The molecule has 2 N–H and O–H groups in total. The van der Waals surface area contributed by atoms with Gasteiger partial charge in [0.15, 0.2) is 0 Å². The fraction of sp³-hybridized carbons (Fsp3) is 0. The molecule has 1 aromatic heterocycles. The minimum Gasteiger partial charge on any atom is -0.256 e. The van der Waals surface area contributed by atoms with Gasteiger partial charge in [0.2, 0.25) is 0 Å². The van der Waals surface area contributed by atoms with Crippen LogP contribution in [0.25, 0.3) is 5.69 Å². The van der Waals surface area contributed by atoms with Gasteiger partial charge in [-0.05, 0) is 18.2 Å². The van der Waals surface area contributed by atoms with Gasteiger partial charge in [-0.3, -0.25) is 4.98 Å². The van der Waals surface area contributed by atoms with Crippen LogP contribution in [0.5, 0.6) is 0 Å². The Morgan fingerprint density at radius 1 is 1.07 bits per heavy atom. The molecule has 1 aromatic carbocycles. The molecule has 2 aromatic rings. The quantitative estimate of drug-likeness (QED) is 0.792. The van der Waals surface area contributed by atoms with Gasteiger partial charge in [-0.2, -0.15) is 0 Å². The molecule has 0 fully saturated rings. The van der Waals surface area contributed by atoms with Crippen molar-refractivity contribution in [1.29, 1.82) is 0 Å².